The molecular formula is C24H27NO8. The Balaban J connectivity index is 1.98. The summed E-state index contributed by atoms with van der Waals surface area (Å²) in [5.74, 6) is -3.46. The first kappa shape index (κ1) is 24.0. The number of aromatic hydroxyl groups is 2. The predicted octanol–water partition coefficient (Wildman–Crippen LogP) is 2.80. The SMILES string of the molecule is CC(=O)c1c(O)c(C)c(O)c2c1OC1=CC(=O)/C(=C(/C)NCCCCCC(=O)O)C(=O)C12C. The third kappa shape index (κ3) is 3.88. The fourth-order valence-electron chi connectivity index (χ4n) is 4.30. The zero-order valence-electron chi connectivity index (χ0n) is 19.0. The van der Waals surface area contributed by atoms with E-state index in [0.717, 1.165) is 0 Å². The van der Waals surface area contributed by atoms with Crippen LogP contribution < -0.4 is 10.1 Å². The number of aliphatic carboxylic acids is 1. The number of carboxylic acids is 1. The number of carbonyl (C=O) groups is 4. The van der Waals surface area contributed by atoms with Gasteiger partial charge in [0.1, 0.15) is 34.0 Å². The lowest BCUT2D eigenvalue weighted by molar-refractivity contribution is -0.137. The van der Waals surface area contributed by atoms with Gasteiger partial charge < -0.3 is 25.4 Å². The van der Waals surface area contributed by atoms with Crippen molar-refractivity contribution < 1.29 is 39.2 Å². The van der Waals surface area contributed by atoms with Crippen LogP contribution in [0.2, 0.25) is 0 Å². The van der Waals surface area contributed by atoms with Gasteiger partial charge in [0.25, 0.3) is 0 Å². The van der Waals surface area contributed by atoms with Crippen molar-refractivity contribution in [2.45, 2.75) is 58.8 Å². The maximum atomic E-state index is 13.6. The molecule has 2 aliphatic rings. The van der Waals surface area contributed by atoms with Crippen LogP contribution in [0, 0.1) is 6.92 Å². The van der Waals surface area contributed by atoms with Crippen molar-refractivity contribution in [3.63, 3.8) is 0 Å². The molecule has 0 radical (unpaired) electrons. The Morgan fingerprint density at radius 3 is 2.36 bits per heavy atom. The Morgan fingerprint density at radius 2 is 1.76 bits per heavy atom. The monoisotopic (exact) mass is 457 g/mol. The average Bonchev–Trinajstić information content (AvgIpc) is 3.01. The number of nitrogens with one attached hydrogen (secondary N) is 1. The number of hydrogen-bond donors (Lipinski definition) is 4. The molecule has 3 rings (SSSR count). The molecule has 9 heteroatoms. The van der Waals surface area contributed by atoms with Gasteiger partial charge in [-0.1, -0.05) is 6.42 Å². The van der Waals surface area contributed by atoms with Crippen LogP contribution >= 0.6 is 0 Å². The fourth-order valence-corrected chi connectivity index (χ4v) is 4.30. The molecule has 33 heavy (non-hydrogen) atoms. The summed E-state index contributed by atoms with van der Waals surface area (Å²) in [4.78, 5) is 49.2. The second kappa shape index (κ2) is 8.73. The van der Waals surface area contributed by atoms with E-state index < -0.39 is 34.5 Å². The van der Waals surface area contributed by atoms with E-state index in [1.54, 1.807) is 6.92 Å². The van der Waals surface area contributed by atoms with Crippen molar-refractivity contribution in [3.05, 3.63) is 39.8 Å². The summed E-state index contributed by atoms with van der Waals surface area (Å²) in [7, 11) is 0. The normalized spacial score (nSPS) is 20.5. The number of phenols is 2. The van der Waals surface area contributed by atoms with Crippen LogP contribution in [0.15, 0.2) is 23.1 Å². The zero-order valence-corrected chi connectivity index (χ0v) is 19.0. The molecule has 1 aliphatic heterocycles. The van der Waals surface area contributed by atoms with Crippen molar-refractivity contribution in [1.82, 2.24) is 5.32 Å². The molecule has 1 aliphatic carbocycles. The van der Waals surface area contributed by atoms with Gasteiger partial charge in [-0.2, -0.15) is 0 Å². The first-order chi connectivity index (χ1) is 15.4. The van der Waals surface area contributed by atoms with E-state index in [-0.39, 0.29) is 45.9 Å². The van der Waals surface area contributed by atoms with Gasteiger partial charge in [-0.25, -0.2) is 0 Å². The van der Waals surface area contributed by atoms with Crippen molar-refractivity contribution in [3.8, 4) is 17.2 Å². The molecule has 176 valence electrons. The minimum absolute atomic E-state index is 0.0134. The highest BCUT2D eigenvalue weighted by Crippen LogP contribution is 2.57. The highest BCUT2D eigenvalue weighted by molar-refractivity contribution is 6.31. The lowest BCUT2D eigenvalue weighted by atomic mass is 9.70. The number of ether oxygens (including phenoxy) is 1. The Hall–Kier alpha value is -3.62. The summed E-state index contributed by atoms with van der Waals surface area (Å²) in [6.07, 6.45) is 3.13. The molecule has 9 nitrogen and oxygen atoms in total. The average molecular weight is 457 g/mol. The highest BCUT2D eigenvalue weighted by atomic mass is 16.5. The molecule has 0 saturated carbocycles. The molecule has 0 fully saturated rings. The van der Waals surface area contributed by atoms with Gasteiger partial charge in [0.2, 0.25) is 0 Å². The van der Waals surface area contributed by atoms with Crippen LogP contribution in [0.1, 0.15) is 67.9 Å². The third-order valence-electron chi connectivity index (χ3n) is 6.22. The lowest BCUT2D eigenvalue weighted by Gasteiger charge is -2.29. The summed E-state index contributed by atoms with van der Waals surface area (Å²) in [5, 5.41) is 32.9. The van der Waals surface area contributed by atoms with Gasteiger partial charge in [-0.15, -0.1) is 0 Å². The van der Waals surface area contributed by atoms with E-state index in [0.29, 0.717) is 31.5 Å². The van der Waals surface area contributed by atoms with Gasteiger partial charge >= 0.3 is 5.97 Å². The smallest absolute Gasteiger partial charge is 0.303 e. The molecule has 1 aromatic carbocycles. The maximum absolute atomic E-state index is 13.6. The van der Waals surface area contributed by atoms with Crippen LogP contribution in [0.3, 0.4) is 0 Å². The lowest BCUT2D eigenvalue weighted by Crippen LogP contribution is -2.41. The molecule has 1 heterocycles. The molecular weight excluding hydrogens is 430 g/mol. The molecule has 1 atom stereocenters. The Kier molecular flexibility index (Phi) is 6.35. The highest BCUT2D eigenvalue weighted by Gasteiger charge is 2.56. The van der Waals surface area contributed by atoms with Gasteiger partial charge in [0.15, 0.2) is 17.3 Å². The quantitative estimate of drug-likeness (QED) is 0.200. The van der Waals surface area contributed by atoms with Crippen molar-refractivity contribution in [1.29, 1.82) is 0 Å². The number of hydrogen-bond acceptors (Lipinski definition) is 8. The Morgan fingerprint density at radius 1 is 1.09 bits per heavy atom. The molecule has 0 saturated heterocycles. The number of rotatable bonds is 8. The summed E-state index contributed by atoms with van der Waals surface area (Å²) in [6, 6.07) is 0. The largest absolute Gasteiger partial charge is 0.507 e. The molecule has 0 bridgehead atoms. The molecule has 1 unspecified atom stereocenters. The van der Waals surface area contributed by atoms with Crippen molar-refractivity contribution in [2.75, 3.05) is 6.54 Å². The van der Waals surface area contributed by atoms with Crippen molar-refractivity contribution >= 4 is 23.3 Å². The van der Waals surface area contributed by atoms with Gasteiger partial charge in [0.05, 0.1) is 11.1 Å². The van der Waals surface area contributed by atoms with E-state index in [2.05, 4.69) is 5.32 Å². The van der Waals surface area contributed by atoms with Gasteiger partial charge in [0, 0.05) is 30.3 Å². The number of benzene rings is 1. The predicted molar refractivity (Wildman–Crippen MR) is 117 cm³/mol. The molecule has 0 amide bonds. The van der Waals surface area contributed by atoms with E-state index in [4.69, 9.17) is 9.84 Å². The van der Waals surface area contributed by atoms with E-state index in [1.807, 2.05) is 0 Å². The minimum Gasteiger partial charge on any atom is -0.507 e. The second-order valence-electron chi connectivity index (χ2n) is 8.52. The van der Waals surface area contributed by atoms with Crippen LogP contribution in [0.5, 0.6) is 17.2 Å². The van der Waals surface area contributed by atoms with Crippen LogP contribution in [0.4, 0.5) is 0 Å². The number of ketones is 3. The van der Waals surface area contributed by atoms with E-state index >= 15 is 0 Å². The topological polar surface area (TPSA) is 150 Å². The van der Waals surface area contributed by atoms with E-state index in [9.17, 15) is 29.4 Å². The first-order valence-corrected chi connectivity index (χ1v) is 10.7. The number of Topliss-reactive ketones (excluding diaryl/α,β-unsaturated/α-hetero) is 2. The number of unbranched alkanes of at least 4 members (excludes halogenated alkanes) is 2. The van der Waals surface area contributed by atoms with Crippen LogP contribution in [0.25, 0.3) is 0 Å². The summed E-state index contributed by atoms with van der Waals surface area (Å²) >= 11 is 0. The number of allylic oxidation sites excluding steroid dienone is 4. The number of carboxylic acid groups (broad SMARTS) is 1. The Bertz CT molecular complexity index is 1140. The van der Waals surface area contributed by atoms with E-state index in [1.165, 1.54) is 26.8 Å². The maximum Gasteiger partial charge on any atom is 0.303 e. The third-order valence-corrected chi connectivity index (χ3v) is 6.22. The molecule has 0 aromatic heterocycles. The van der Waals surface area contributed by atoms with Crippen LogP contribution in [-0.4, -0.2) is 45.2 Å². The second-order valence-corrected chi connectivity index (χ2v) is 8.52. The summed E-state index contributed by atoms with van der Waals surface area (Å²) in [6.45, 7) is 6.22. The molecule has 0 spiro atoms. The van der Waals surface area contributed by atoms with Crippen LogP contribution in [-0.2, 0) is 19.8 Å². The summed E-state index contributed by atoms with van der Waals surface area (Å²) in [5.41, 5.74) is -1.34. The number of fused-ring (bicyclic) bond motifs is 3. The zero-order chi connectivity index (χ0) is 24.7. The Labute approximate surface area is 190 Å². The molecule has 4 N–H and O–H groups in total. The standard InChI is InChI=1S/C24H27NO8/c1-11-20(30)18(13(3)26)22-19(21(11)31)24(4)15(33-22)10-14(27)17(23(24)32)12(2)25-9-7-5-6-8-16(28)29/h10,25,30-31H,5-9H2,1-4H3,(H,28,29)/b17-12+. The minimum atomic E-state index is -1.55. The van der Waals surface area contributed by atoms with Gasteiger partial charge in [-0.05, 0) is 40.5 Å². The number of carbonyl (C=O) groups excluding carboxylic acids is 3. The number of phenolic OH excluding ortho intramolecular Hbond substituents is 2. The summed E-state index contributed by atoms with van der Waals surface area (Å²) < 4.78 is 5.72. The first-order valence-electron chi connectivity index (χ1n) is 10.7. The van der Waals surface area contributed by atoms with Crippen molar-refractivity contribution in [2.24, 2.45) is 0 Å². The fraction of sp³-hybridized carbons (Fsp3) is 0.417. The molecule has 1 aromatic rings. The van der Waals surface area contributed by atoms with Gasteiger partial charge in [-0.3, -0.25) is 19.2 Å².